The Morgan fingerprint density at radius 2 is 1.96 bits per heavy atom. The number of benzene rings is 1. The first kappa shape index (κ1) is 18.7. The van der Waals surface area contributed by atoms with Gasteiger partial charge in [-0.15, -0.1) is 0 Å². The summed E-state index contributed by atoms with van der Waals surface area (Å²) in [4.78, 5) is 19.4. The van der Waals surface area contributed by atoms with Crippen LogP contribution >= 0.6 is 0 Å². The second-order valence-corrected chi connectivity index (χ2v) is 9.09. The molecule has 0 bridgehead atoms. The normalized spacial score (nSPS) is 19.3. The fraction of sp³-hybridized carbons (Fsp3) is 0.400. The van der Waals surface area contributed by atoms with Gasteiger partial charge in [0, 0.05) is 37.0 Å². The molecule has 0 N–H and O–H groups in total. The maximum atomic E-state index is 13.0. The molecule has 1 aromatic heterocycles. The Morgan fingerprint density at radius 3 is 2.75 bits per heavy atom. The quantitative estimate of drug-likeness (QED) is 0.783. The second-order valence-electron chi connectivity index (χ2n) is 7.11. The van der Waals surface area contributed by atoms with Crippen molar-refractivity contribution in [2.24, 2.45) is 0 Å². The maximum Gasteiger partial charge on any atom is 0.254 e. The molecule has 0 unspecified atom stereocenters. The summed E-state index contributed by atoms with van der Waals surface area (Å²) in [5.74, 6) is 1.01. The van der Waals surface area contributed by atoms with Crippen LogP contribution in [0.25, 0.3) is 0 Å². The monoisotopic (exact) mass is 402 g/mol. The van der Waals surface area contributed by atoms with Gasteiger partial charge >= 0.3 is 0 Å². The van der Waals surface area contributed by atoms with Crippen molar-refractivity contribution in [3.05, 3.63) is 47.8 Å². The van der Waals surface area contributed by atoms with Gasteiger partial charge in [0.2, 0.25) is 0 Å². The van der Waals surface area contributed by atoms with E-state index in [1.54, 1.807) is 41.4 Å². The van der Waals surface area contributed by atoms with Gasteiger partial charge in [0.15, 0.2) is 21.3 Å². The number of pyridine rings is 1. The van der Waals surface area contributed by atoms with Crippen LogP contribution in [-0.2, 0) is 9.84 Å². The Hall–Kier alpha value is -2.61. The molecular weight excluding hydrogens is 380 g/mol. The lowest BCUT2D eigenvalue weighted by Crippen LogP contribution is -2.39. The van der Waals surface area contributed by atoms with E-state index in [-0.39, 0.29) is 16.7 Å². The fourth-order valence-corrected chi connectivity index (χ4v) is 4.69. The molecule has 148 valence electrons. The largest absolute Gasteiger partial charge is 0.486 e. The molecule has 1 atom stereocenters. The van der Waals surface area contributed by atoms with Crippen LogP contribution in [0.15, 0.2) is 41.4 Å². The number of rotatable bonds is 3. The van der Waals surface area contributed by atoms with E-state index in [1.807, 2.05) is 0 Å². The number of hydrogen-bond donors (Lipinski definition) is 0. The van der Waals surface area contributed by atoms with Gasteiger partial charge in [-0.25, -0.2) is 8.42 Å². The van der Waals surface area contributed by atoms with Crippen molar-refractivity contribution < 1.29 is 22.7 Å². The first-order valence-electron chi connectivity index (χ1n) is 9.27. The Morgan fingerprint density at radius 1 is 1.18 bits per heavy atom. The standard InChI is InChI=1S/C20H22N2O5S/c1-28(24,25)18-5-2-8-21-19(18)15-4-3-9-22(13-15)20(23)14-6-7-16-17(12-14)27-11-10-26-16/h2,5-8,12,15H,3-4,9-11,13H2,1H3/t15-/m1/s1. The van der Waals surface area contributed by atoms with Gasteiger partial charge < -0.3 is 14.4 Å². The van der Waals surface area contributed by atoms with Gasteiger partial charge in [-0.05, 0) is 43.2 Å². The minimum absolute atomic E-state index is 0.0986. The molecule has 1 amide bonds. The summed E-state index contributed by atoms with van der Waals surface area (Å²) >= 11 is 0. The average molecular weight is 402 g/mol. The number of ether oxygens (including phenoxy) is 2. The summed E-state index contributed by atoms with van der Waals surface area (Å²) in [6, 6.07) is 8.41. The Balaban J connectivity index is 1.57. The van der Waals surface area contributed by atoms with E-state index in [1.165, 1.54) is 6.26 Å². The first-order valence-corrected chi connectivity index (χ1v) is 11.2. The highest BCUT2D eigenvalue weighted by Crippen LogP contribution is 2.33. The van der Waals surface area contributed by atoms with Crippen LogP contribution in [0.1, 0.15) is 34.8 Å². The van der Waals surface area contributed by atoms with Crippen molar-refractivity contribution in [1.29, 1.82) is 0 Å². The van der Waals surface area contributed by atoms with E-state index in [0.717, 1.165) is 12.8 Å². The van der Waals surface area contributed by atoms with E-state index < -0.39 is 9.84 Å². The van der Waals surface area contributed by atoms with E-state index in [9.17, 15) is 13.2 Å². The molecule has 0 radical (unpaired) electrons. The van der Waals surface area contributed by atoms with Crippen LogP contribution in [0.2, 0.25) is 0 Å². The number of hydrogen-bond acceptors (Lipinski definition) is 6. The van der Waals surface area contributed by atoms with Crippen molar-refractivity contribution in [1.82, 2.24) is 9.88 Å². The van der Waals surface area contributed by atoms with E-state index in [4.69, 9.17) is 9.47 Å². The lowest BCUT2D eigenvalue weighted by Gasteiger charge is -2.33. The number of sulfone groups is 1. The third-order valence-corrected chi connectivity index (χ3v) is 6.23. The van der Waals surface area contributed by atoms with Gasteiger partial charge in [0.1, 0.15) is 13.2 Å². The number of likely N-dealkylation sites (tertiary alicyclic amines) is 1. The molecule has 2 aliphatic rings. The minimum atomic E-state index is -3.38. The molecule has 1 aromatic carbocycles. The fourth-order valence-electron chi connectivity index (χ4n) is 3.77. The number of piperidine rings is 1. The van der Waals surface area contributed by atoms with Crippen LogP contribution < -0.4 is 9.47 Å². The van der Waals surface area contributed by atoms with Crippen LogP contribution in [-0.4, -0.2) is 56.8 Å². The number of amides is 1. The lowest BCUT2D eigenvalue weighted by molar-refractivity contribution is 0.0704. The highest BCUT2D eigenvalue weighted by atomic mass is 32.2. The minimum Gasteiger partial charge on any atom is -0.486 e. The first-order chi connectivity index (χ1) is 13.4. The summed E-state index contributed by atoms with van der Waals surface area (Å²) in [6.45, 7) is 2.03. The number of aromatic nitrogens is 1. The zero-order valence-electron chi connectivity index (χ0n) is 15.6. The van der Waals surface area contributed by atoms with E-state index in [2.05, 4.69) is 4.98 Å². The van der Waals surface area contributed by atoms with Gasteiger partial charge in [-0.2, -0.15) is 0 Å². The summed E-state index contributed by atoms with van der Waals surface area (Å²) in [7, 11) is -3.38. The number of fused-ring (bicyclic) bond motifs is 1. The van der Waals surface area contributed by atoms with E-state index in [0.29, 0.717) is 49.1 Å². The topological polar surface area (TPSA) is 85.8 Å². The van der Waals surface area contributed by atoms with Crippen molar-refractivity contribution in [3.63, 3.8) is 0 Å². The van der Waals surface area contributed by atoms with Gasteiger partial charge in [-0.1, -0.05) is 0 Å². The highest BCUT2D eigenvalue weighted by Gasteiger charge is 2.30. The summed E-state index contributed by atoms with van der Waals surface area (Å²) in [6.07, 6.45) is 4.38. The molecule has 1 saturated heterocycles. The van der Waals surface area contributed by atoms with Crippen LogP contribution in [0.5, 0.6) is 11.5 Å². The van der Waals surface area contributed by atoms with Crippen molar-refractivity contribution in [3.8, 4) is 11.5 Å². The van der Waals surface area contributed by atoms with Crippen LogP contribution in [0, 0.1) is 0 Å². The lowest BCUT2D eigenvalue weighted by atomic mass is 9.93. The summed E-state index contributed by atoms with van der Waals surface area (Å²) in [5, 5.41) is 0. The number of carbonyl (C=O) groups excluding carboxylic acids is 1. The Labute approximate surface area is 164 Å². The molecule has 2 aromatic rings. The smallest absolute Gasteiger partial charge is 0.254 e. The predicted molar refractivity (Wildman–Crippen MR) is 103 cm³/mol. The van der Waals surface area contributed by atoms with Crippen molar-refractivity contribution >= 4 is 15.7 Å². The zero-order chi connectivity index (χ0) is 19.7. The number of nitrogens with zero attached hydrogens (tertiary/aromatic N) is 2. The molecule has 1 fully saturated rings. The third kappa shape index (κ3) is 3.69. The molecule has 7 nitrogen and oxygen atoms in total. The molecule has 0 saturated carbocycles. The molecule has 0 aliphatic carbocycles. The number of carbonyl (C=O) groups is 1. The van der Waals surface area contributed by atoms with Gasteiger partial charge in [0.05, 0.1) is 10.6 Å². The SMILES string of the molecule is CS(=O)(=O)c1cccnc1[C@@H]1CCCN(C(=O)c2ccc3c(c2)OCCO3)C1. The molecule has 4 rings (SSSR count). The zero-order valence-corrected chi connectivity index (χ0v) is 16.4. The Kier molecular flexibility index (Phi) is 4.97. The molecule has 8 heteroatoms. The maximum absolute atomic E-state index is 13.0. The second kappa shape index (κ2) is 7.43. The molecule has 28 heavy (non-hydrogen) atoms. The Bertz CT molecular complexity index is 1010. The molecule has 2 aliphatic heterocycles. The molecule has 3 heterocycles. The highest BCUT2D eigenvalue weighted by molar-refractivity contribution is 7.90. The van der Waals surface area contributed by atoms with Crippen LogP contribution in [0.4, 0.5) is 0 Å². The summed E-state index contributed by atoms with van der Waals surface area (Å²) in [5.41, 5.74) is 1.08. The third-order valence-electron chi connectivity index (χ3n) is 5.08. The van der Waals surface area contributed by atoms with E-state index >= 15 is 0 Å². The van der Waals surface area contributed by atoms with Crippen molar-refractivity contribution in [2.45, 2.75) is 23.7 Å². The average Bonchev–Trinajstić information content (AvgIpc) is 2.72. The van der Waals surface area contributed by atoms with Gasteiger partial charge in [-0.3, -0.25) is 9.78 Å². The van der Waals surface area contributed by atoms with Gasteiger partial charge in [0.25, 0.3) is 5.91 Å². The summed E-state index contributed by atoms with van der Waals surface area (Å²) < 4.78 is 35.3. The molecular formula is C20H22N2O5S. The predicted octanol–water partition coefficient (Wildman–Crippen LogP) is 2.28. The molecule has 0 spiro atoms. The van der Waals surface area contributed by atoms with Crippen molar-refractivity contribution in [2.75, 3.05) is 32.6 Å². The van der Waals surface area contributed by atoms with Crippen LogP contribution in [0.3, 0.4) is 0 Å².